The second kappa shape index (κ2) is 7.43. The summed E-state index contributed by atoms with van der Waals surface area (Å²) < 4.78 is 5.40. The minimum atomic E-state index is -0.297. The number of carbonyl (C=O) groups is 1. The van der Waals surface area contributed by atoms with Crippen molar-refractivity contribution in [1.29, 1.82) is 0 Å². The molecule has 0 N–H and O–H groups in total. The van der Waals surface area contributed by atoms with Gasteiger partial charge in [-0.1, -0.05) is 13.8 Å². The molecule has 1 aliphatic rings. The Bertz CT molecular complexity index is 785. The number of nitrogens with zero attached hydrogens (tertiary/aromatic N) is 4. The second-order valence-electron chi connectivity index (χ2n) is 6.84. The predicted molar refractivity (Wildman–Crippen MR) is 102 cm³/mol. The molecular formula is C17H23ClN4O2S. The number of fused-ring (bicyclic) bond motifs is 1. The van der Waals surface area contributed by atoms with Gasteiger partial charge in [0.05, 0.1) is 12.0 Å². The normalized spacial score (nSPS) is 16.0. The van der Waals surface area contributed by atoms with Crippen molar-refractivity contribution in [3.05, 3.63) is 15.7 Å². The van der Waals surface area contributed by atoms with Crippen LogP contribution >= 0.6 is 22.9 Å². The van der Waals surface area contributed by atoms with Gasteiger partial charge in [0.25, 0.3) is 0 Å². The quantitative estimate of drug-likeness (QED) is 0.597. The van der Waals surface area contributed by atoms with Crippen LogP contribution in [0.5, 0.6) is 0 Å². The van der Waals surface area contributed by atoms with Crippen LogP contribution in [0, 0.1) is 12.8 Å². The van der Waals surface area contributed by atoms with E-state index in [1.165, 1.54) is 11.3 Å². The lowest BCUT2D eigenvalue weighted by molar-refractivity contribution is 0.0464. The predicted octanol–water partition coefficient (Wildman–Crippen LogP) is 3.22. The van der Waals surface area contributed by atoms with Crippen molar-refractivity contribution in [2.24, 2.45) is 5.92 Å². The van der Waals surface area contributed by atoms with E-state index in [0.717, 1.165) is 47.8 Å². The zero-order valence-electron chi connectivity index (χ0n) is 15.0. The van der Waals surface area contributed by atoms with Crippen molar-refractivity contribution in [2.45, 2.75) is 20.8 Å². The first-order chi connectivity index (χ1) is 11.9. The van der Waals surface area contributed by atoms with Crippen molar-refractivity contribution < 1.29 is 9.53 Å². The minimum absolute atomic E-state index is 0.213. The second-order valence-corrected chi connectivity index (χ2v) is 8.17. The fourth-order valence-electron chi connectivity index (χ4n) is 2.84. The number of aromatic nitrogens is 2. The van der Waals surface area contributed by atoms with E-state index in [1.54, 1.807) is 0 Å². The SMILES string of the molecule is Cc1c(C(=O)OCC(C)C)sc2nc(Cl)nc(N3CCN(C)CC3)c12. The van der Waals surface area contributed by atoms with Gasteiger partial charge in [0, 0.05) is 26.2 Å². The first kappa shape index (κ1) is 18.4. The molecule has 0 unspecified atom stereocenters. The number of esters is 1. The average molecular weight is 383 g/mol. The molecule has 0 saturated carbocycles. The number of rotatable bonds is 4. The molecular weight excluding hydrogens is 360 g/mol. The van der Waals surface area contributed by atoms with Crippen molar-refractivity contribution in [3.8, 4) is 0 Å². The van der Waals surface area contributed by atoms with Gasteiger partial charge in [-0.3, -0.25) is 0 Å². The first-order valence-electron chi connectivity index (χ1n) is 8.44. The van der Waals surface area contributed by atoms with Gasteiger partial charge < -0.3 is 14.5 Å². The molecule has 0 amide bonds. The summed E-state index contributed by atoms with van der Waals surface area (Å²) in [7, 11) is 2.11. The van der Waals surface area contributed by atoms with Gasteiger partial charge in [-0.15, -0.1) is 11.3 Å². The van der Waals surface area contributed by atoms with Crippen molar-refractivity contribution >= 4 is 44.9 Å². The van der Waals surface area contributed by atoms with Gasteiger partial charge in [0.15, 0.2) is 0 Å². The van der Waals surface area contributed by atoms with E-state index in [4.69, 9.17) is 16.3 Å². The van der Waals surface area contributed by atoms with E-state index >= 15 is 0 Å². The summed E-state index contributed by atoms with van der Waals surface area (Å²) in [6.07, 6.45) is 0. The maximum absolute atomic E-state index is 12.4. The lowest BCUT2D eigenvalue weighted by Gasteiger charge is -2.33. The molecule has 1 saturated heterocycles. The maximum Gasteiger partial charge on any atom is 0.348 e. The summed E-state index contributed by atoms with van der Waals surface area (Å²) in [5, 5.41) is 1.13. The van der Waals surface area contributed by atoms with Gasteiger partial charge in [-0.05, 0) is 37.1 Å². The minimum Gasteiger partial charge on any atom is -0.461 e. The number of carbonyl (C=O) groups excluding carboxylic acids is 1. The van der Waals surface area contributed by atoms with Crippen molar-refractivity contribution in [3.63, 3.8) is 0 Å². The van der Waals surface area contributed by atoms with E-state index in [9.17, 15) is 4.79 Å². The Balaban J connectivity index is 1.99. The fourth-order valence-corrected chi connectivity index (χ4v) is 4.13. The zero-order chi connectivity index (χ0) is 18.1. The third-order valence-corrected chi connectivity index (χ3v) is 5.61. The standard InChI is InChI=1S/C17H23ClN4O2S/c1-10(2)9-24-16(23)13-11(3)12-14(19-17(18)20-15(12)25-13)22-7-5-21(4)6-8-22/h10H,5-9H2,1-4H3. The summed E-state index contributed by atoms with van der Waals surface area (Å²) in [5.74, 6) is 0.822. The van der Waals surface area contributed by atoms with Crippen LogP contribution in [0.4, 0.5) is 5.82 Å². The molecule has 6 nitrogen and oxygen atoms in total. The highest BCUT2D eigenvalue weighted by Crippen LogP contribution is 2.36. The van der Waals surface area contributed by atoms with E-state index in [1.807, 2.05) is 20.8 Å². The van der Waals surface area contributed by atoms with Crippen LogP contribution in [0.1, 0.15) is 29.1 Å². The fraction of sp³-hybridized carbons (Fsp3) is 0.588. The van der Waals surface area contributed by atoms with E-state index in [-0.39, 0.29) is 11.3 Å². The summed E-state index contributed by atoms with van der Waals surface area (Å²) >= 11 is 7.48. The van der Waals surface area contributed by atoms with Gasteiger partial charge in [-0.25, -0.2) is 9.78 Å². The molecule has 0 bridgehead atoms. The van der Waals surface area contributed by atoms with E-state index in [0.29, 0.717) is 17.4 Å². The van der Waals surface area contributed by atoms with Crippen LogP contribution in [0.15, 0.2) is 0 Å². The monoisotopic (exact) mass is 382 g/mol. The lowest BCUT2D eigenvalue weighted by atomic mass is 10.2. The molecule has 1 fully saturated rings. The van der Waals surface area contributed by atoms with Gasteiger partial charge in [0.1, 0.15) is 15.5 Å². The molecule has 0 aromatic carbocycles. The number of aryl methyl sites for hydroxylation is 1. The van der Waals surface area contributed by atoms with Gasteiger partial charge in [0.2, 0.25) is 5.28 Å². The molecule has 8 heteroatoms. The molecule has 0 aliphatic carbocycles. The Kier molecular flexibility index (Phi) is 5.46. The highest BCUT2D eigenvalue weighted by molar-refractivity contribution is 7.20. The van der Waals surface area contributed by atoms with Crippen LogP contribution in [-0.2, 0) is 4.74 Å². The molecule has 0 spiro atoms. The topological polar surface area (TPSA) is 58.6 Å². The Hall–Kier alpha value is -1.44. The van der Waals surface area contributed by atoms with Crippen LogP contribution in [0.3, 0.4) is 0 Å². The number of piperazine rings is 1. The molecule has 136 valence electrons. The number of anilines is 1. The molecule has 0 radical (unpaired) electrons. The summed E-state index contributed by atoms with van der Waals surface area (Å²) in [6.45, 7) is 10.1. The number of halogens is 1. The van der Waals surface area contributed by atoms with Crippen LogP contribution in [0.25, 0.3) is 10.2 Å². The highest BCUT2D eigenvalue weighted by atomic mass is 35.5. The Labute approximate surface area is 156 Å². The van der Waals surface area contributed by atoms with E-state index < -0.39 is 0 Å². The third kappa shape index (κ3) is 3.88. The Morgan fingerprint density at radius 3 is 2.60 bits per heavy atom. The molecule has 25 heavy (non-hydrogen) atoms. The first-order valence-corrected chi connectivity index (χ1v) is 9.63. The van der Waals surface area contributed by atoms with Crippen LogP contribution < -0.4 is 4.90 Å². The number of ether oxygens (including phenoxy) is 1. The smallest absolute Gasteiger partial charge is 0.348 e. The molecule has 0 atom stereocenters. The molecule has 2 aromatic rings. The highest BCUT2D eigenvalue weighted by Gasteiger charge is 2.25. The molecule has 2 aromatic heterocycles. The average Bonchev–Trinajstić information content (AvgIpc) is 2.89. The van der Waals surface area contributed by atoms with Gasteiger partial charge in [-0.2, -0.15) is 4.98 Å². The third-order valence-electron chi connectivity index (χ3n) is 4.28. The number of likely N-dealkylation sites (N-methyl/N-ethyl adjacent to an activating group) is 1. The van der Waals surface area contributed by atoms with Gasteiger partial charge >= 0.3 is 5.97 Å². The lowest BCUT2D eigenvalue weighted by Crippen LogP contribution is -2.45. The zero-order valence-corrected chi connectivity index (χ0v) is 16.6. The Morgan fingerprint density at radius 1 is 1.28 bits per heavy atom. The largest absolute Gasteiger partial charge is 0.461 e. The van der Waals surface area contributed by atoms with Crippen molar-refractivity contribution in [2.75, 3.05) is 44.7 Å². The van der Waals surface area contributed by atoms with Crippen LogP contribution in [-0.4, -0.2) is 60.7 Å². The van der Waals surface area contributed by atoms with Crippen molar-refractivity contribution in [1.82, 2.24) is 14.9 Å². The summed E-state index contributed by atoms with van der Waals surface area (Å²) in [6, 6.07) is 0. The number of hydrogen-bond donors (Lipinski definition) is 0. The molecule has 3 heterocycles. The molecule has 3 rings (SSSR count). The number of hydrogen-bond acceptors (Lipinski definition) is 7. The maximum atomic E-state index is 12.4. The van der Waals surface area contributed by atoms with E-state index in [2.05, 4.69) is 26.8 Å². The Morgan fingerprint density at radius 2 is 1.96 bits per heavy atom. The summed E-state index contributed by atoms with van der Waals surface area (Å²) in [4.78, 5) is 27.1. The van der Waals surface area contributed by atoms with Crippen LogP contribution in [0.2, 0.25) is 5.28 Å². The number of thiophene rings is 1. The summed E-state index contributed by atoms with van der Waals surface area (Å²) in [5.41, 5.74) is 0.874. The molecule has 1 aliphatic heterocycles.